The molecule has 0 aromatic heterocycles. The summed E-state index contributed by atoms with van der Waals surface area (Å²) >= 11 is 0. The molecule has 534 valence electrons. The van der Waals surface area contributed by atoms with Crippen molar-refractivity contribution >= 4 is 39.5 Å². The second-order valence-electron chi connectivity index (χ2n) is 27.1. The molecular formula is C71H138O17P2. The fraction of sp³-hybridized carbons (Fsp3) is 0.944. The Morgan fingerprint density at radius 2 is 0.511 bits per heavy atom. The van der Waals surface area contributed by atoms with Gasteiger partial charge < -0.3 is 33.8 Å². The summed E-state index contributed by atoms with van der Waals surface area (Å²) in [6.45, 7) is 11.8. The molecule has 0 aromatic carbocycles. The lowest BCUT2D eigenvalue weighted by Crippen LogP contribution is -2.30. The van der Waals surface area contributed by atoms with E-state index in [1.54, 1.807) is 0 Å². The number of esters is 4. The van der Waals surface area contributed by atoms with Crippen molar-refractivity contribution < 1.29 is 80.2 Å². The Morgan fingerprint density at radius 3 is 0.756 bits per heavy atom. The lowest BCUT2D eigenvalue weighted by Gasteiger charge is -2.21. The first kappa shape index (κ1) is 88.1. The van der Waals surface area contributed by atoms with Gasteiger partial charge >= 0.3 is 39.5 Å². The molecule has 0 aliphatic carbocycles. The standard InChI is InChI=1S/C71H138O17P2/c1-8-9-10-11-28-38-45-52-68(73)81-58-66(87-71(76)55-48-41-34-27-21-24-31-37-44-51-64(6)7)60-85-89(77,78)83-56-65(72)57-84-90(79,80)86-61-67(59-82-69(74)53-46-39-32-25-20-19-23-30-36-43-50-63(4)5)88-70(75)54-47-40-33-26-18-16-14-12-13-15-17-22-29-35-42-49-62(2)3/h62-67,72H,8-61H2,1-7H3,(H,77,78)(H,79,80)/t65-,66+,67+/m0/s1. The summed E-state index contributed by atoms with van der Waals surface area (Å²) in [5, 5.41) is 10.6. The Morgan fingerprint density at radius 1 is 0.300 bits per heavy atom. The number of phosphoric acid groups is 2. The van der Waals surface area contributed by atoms with Crippen LogP contribution in [0.3, 0.4) is 0 Å². The molecular weight excluding hydrogens is 1190 g/mol. The number of rotatable bonds is 69. The van der Waals surface area contributed by atoms with Gasteiger partial charge in [0.1, 0.15) is 19.3 Å². The van der Waals surface area contributed by atoms with Crippen molar-refractivity contribution in [1.29, 1.82) is 0 Å². The predicted molar refractivity (Wildman–Crippen MR) is 363 cm³/mol. The van der Waals surface area contributed by atoms with Crippen LogP contribution < -0.4 is 0 Å². The van der Waals surface area contributed by atoms with Crippen LogP contribution in [-0.4, -0.2) is 96.7 Å². The van der Waals surface area contributed by atoms with Gasteiger partial charge in [-0.1, -0.05) is 305 Å². The van der Waals surface area contributed by atoms with E-state index in [1.165, 1.54) is 154 Å². The first-order valence-corrected chi connectivity index (χ1v) is 39.8. The first-order chi connectivity index (χ1) is 43.2. The molecule has 0 saturated heterocycles. The highest BCUT2D eigenvalue weighted by atomic mass is 31.2. The van der Waals surface area contributed by atoms with Crippen LogP contribution >= 0.6 is 15.6 Å². The number of ether oxygens (including phenoxy) is 4. The zero-order valence-corrected chi connectivity index (χ0v) is 60.4. The lowest BCUT2D eigenvalue weighted by molar-refractivity contribution is -0.161. The van der Waals surface area contributed by atoms with Gasteiger partial charge in [0, 0.05) is 25.7 Å². The molecule has 19 heteroatoms. The van der Waals surface area contributed by atoms with Gasteiger partial charge in [0.2, 0.25) is 0 Å². The molecule has 90 heavy (non-hydrogen) atoms. The topological polar surface area (TPSA) is 237 Å². The number of unbranched alkanes of at least 4 members (excludes halogenated alkanes) is 37. The third-order valence-electron chi connectivity index (χ3n) is 16.4. The fourth-order valence-corrected chi connectivity index (χ4v) is 12.3. The number of carbonyl (C=O) groups is 4. The highest BCUT2D eigenvalue weighted by Crippen LogP contribution is 2.45. The van der Waals surface area contributed by atoms with Crippen molar-refractivity contribution in [2.45, 2.75) is 375 Å². The predicted octanol–water partition coefficient (Wildman–Crippen LogP) is 20.2. The first-order valence-electron chi connectivity index (χ1n) is 36.8. The third kappa shape index (κ3) is 64.8. The van der Waals surface area contributed by atoms with Gasteiger partial charge in [-0.15, -0.1) is 0 Å². The van der Waals surface area contributed by atoms with Gasteiger partial charge in [-0.05, 0) is 43.4 Å². The maximum absolute atomic E-state index is 13.0. The van der Waals surface area contributed by atoms with E-state index in [0.29, 0.717) is 25.7 Å². The van der Waals surface area contributed by atoms with Crippen LogP contribution in [0, 0.1) is 17.8 Å². The van der Waals surface area contributed by atoms with E-state index in [9.17, 15) is 43.2 Å². The molecule has 0 fully saturated rings. The second-order valence-corrected chi connectivity index (χ2v) is 30.0. The second kappa shape index (κ2) is 61.9. The number of phosphoric ester groups is 2. The molecule has 17 nitrogen and oxygen atoms in total. The Balaban J connectivity index is 5.20. The summed E-state index contributed by atoms with van der Waals surface area (Å²) in [7, 11) is -9.90. The van der Waals surface area contributed by atoms with Gasteiger partial charge in [-0.2, -0.15) is 0 Å². The lowest BCUT2D eigenvalue weighted by atomic mass is 10.0. The molecule has 3 N–H and O–H groups in total. The van der Waals surface area contributed by atoms with Gasteiger partial charge in [0.15, 0.2) is 12.2 Å². The van der Waals surface area contributed by atoms with Crippen molar-refractivity contribution in [2.24, 2.45) is 17.8 Å². The normalized spacial score (nSPS) is 14.2. The number of aliphatic hydroxyl groups excluding tert-OH is 1. The van der Waals surface area contributed by atoms with Crippen molar-refractivity contribution in [2.75, 3.05) is 39.6 Å². The summed E-state index contributed by atoms with van der Waals surface area (Å²) in [6, 6.07) is 0. The summed E-state index contributed by atoms with van der Waals surface area (Å²) in [5.74, 6) is 0.168. The van der Waals surface area contributed by atoms with Gasteiger partial charge in [0.25, 0.3) is 0 Å². The summed E-state index contributed by atoms with van der Waals surface area (Å²) in [6.07, 6.45) is 46.0. The zero-order valence-electron chi connectivity index (χ0n) is 58.6. The van der Waals surface area contributed by atoms with Gasteiger partial charge in [-0.25, -0.2) is 9.13 Å². The van der Waals surface area contributed by atoms with Crippen molar-refractivity contribution in [1.82, 2.24) is 0 Å². The van der Waals surface area contributed by atoms with E-state index in [-0.39, 0.29) is 25.7 Å². The van der Waals surface area contributed by atoms with Crippen LogP contribution in [-0.2, 0) is 65.4 Å². The zero-order chi connectivity index (χ0) is 66.6. The summed E-state index contributed by atoms with van der Waals surface area (Å²) < 4.78 is 68.2. The Bertz CT molecular complexity index is 1770. The maximum Gasteiger partial charge on any atom is 0.472 e. The molecule has 2 unspecified atom stereocenters. The van der Waals surface area contributed by atoms with Crippen molar-refractivity contribution in [3.63, 3.8) is 0 Å². The highest BCUT2D eigenvalue weighted by Gasteiger charge is 2.30. The number of hydrogen-bond donors (Lipinski definition) is 3. The minimum atomic E-state index is -4.95. The van der Waals surface area contributed by atoms with E-state index >= 15 is 0 Å². The van der Waals surface area contributed by atoms with Gasteiger partial charge in [0.05, 0.1) is 26.4 Å². The smallest absolute Gasteiger partial charge is 0.462 e. The molecule has 0 aliphatic rings. The van der Waals surface area contributed by atoms with Crippen molar-refractivity contribution in [3.05, 3.63) is 0 Å². The molecule has 0 radical (unpaired) electrons. The number of hydrogen-bond acceptors (Lipinski definition) is 15. The van der Waals surface area contributed by atoms with E-state index in [1.807, 2.05) is 0 Å². The van der Waals surface area contributed by atoms with Crippen molar-refractivity contribution in [3.8, 4) is 0 Å². The van der Waals surface area contributed by atoms with E-state index < -0.39 is 97.5 Å². The Hall–Kier alpha value is -1.94. The average Bonchev–Trinajstić information content (AvgIpc) is 3.56. The van der Waals surface area contributed by atoms with Crippen LogP contribution in [0.1, 0.15) is 357 Å². The van der Waals surface area contributed by atoms with E-state index in [4.69, 9.17) is 37.0 Å². The van der Waals surface area contributed by atoms with E-state index in [2.05, 4.69) is 48.5 Å². The minimum absolute atomic E-state index is 0.105. The minimum Gasteiger partial charge on any atom is -0.462 e. The molecule has 0 rings (SSSR count). The van der Waals surface area contributed by atoms with E-state index in [0.717, 1.165) is 120 Å². The molecule has 0 spiro atoms. The Kier molecular flexibility index (Phi) is 60.6. The fourth-order valence-electron chi connectivity index (χ4n) is 10.7. The molecule has 0 aromatic rings. The molecule has 0 heterocycles. The summed E-state index contributed by atoms with van der Waals surface area (Å²) in [4.78, 5) is 72.4. The van der Waals surface area contributed by atoms with Crippen LogP contribution in [0.25, 0.3) is 0 Å². The maximum atomic E-state index is 13.0. The molecule has 5 atom stereocenters. The van der Waals surface area contributed by atoms with Crippen LogP contribution in [0.15, 0.2) is 0 Å². The summed E-state index contributed by atoms with van der Waals surface area (Å²) in [5.41, 5.74) is 0. The molecule has 0 saturated carbocycles. The Labute approximate surface area is 549 Å². The molecule has 0 amide bonds. The molecule has 0 aliphatic heterocycles. The largest absolute Gasteiger partial charge is 0.472 e. The third-order valence-corrected chi connectivity index (χ3v) is 18.3. The SMILES string of the molecule is CCCCCCCCCC(=O)OC[C@H](COP(=O)(O)OC[C@H](O)COP(=O)(O)OC[C@@H](COC(=O)CCCCCCCCCCCCC(C)C)OC(=O)CCCCCCCCCCCCCCCCCC(C)C)OC(=O)CCCCCCCCCCCC(C)C. The van der Waals surface area contributed by atoms with Gasteiger partial charge in [-0.3, -0.25) is 37.3 Å². The highest BCUT2D eigenvalue weighted by molar-refractivity contribution is 7.47. The molecule has 0 bridgehead atoms. The van der Waals surface area contributed by atoms with Crippen LogP contribution in [0.4, 0.5) is 0 Å². The number of aliphatic hydroxyl groups is 1. The number of carbonyl (C=O) groups excluding carboxylic acids is 4. The monoisotopic (exact) mass is 1320 g/mol. The van der Waals surface area contributed by atoms with Crippen LogP contribution in [0.2, 0.25) is 0 Å². The quantitative estimate of drug-likeness (QED) is 0.0222. The average molecular weight is 1330 g/mol. The van der Waals surface area contributed by atoms with Crippen LogP contribution in [0.5, 0.6) is 0 Å².